The van der Waals surface area contributed by atoms with Crippen LogP contribution in [0.15, 0.2) is 60.8 Å². The van der Waals surface area contributed by atoms with Crippen molar-refractivity contribution >= 4 is 62.2 Å². The van der Waals surface area contributed by atoms with Crippen LogP contribution < -0.4 is 34.0 Å². The van der Waals surface area contributed by atoms with Gasteiger partial charge in [0.05, 0.1) is 72.5 Å². The normalized spacial score (nSPS) is 22.7. The number of benzene rings is 5. The summed E-state index contributed by atoms with van der Waals surface area (Å²) in [6, 6.07) is 16.0. The van der Waals surface area contributed by atoms with Crippen LogP contribution in [0.1, 0.15) is 68.8 Å². The Morgan fingerprint density at radius 3 is 2.26 bits per heavy atom. The number of pyridine rings is 1. The average Bonchev–Trinajstić information content (AvgIpc) is 3.76. The highest BCUT2D eigenvalue weighted by Gasteiger charge is 2.50. The zero-order valence-electron chi connectivity index (χ0n) is 36.4. The van der Waals surface area contributed by atoms with Gasteiger partial charge in [0.1, 0.15) is 36.5 Å². The quantitative estimate of drug-likeness (QED) is 0.0747. The van der Waals surface area contributed by atoms with Gasteiger partial charge in [0.25, 0.3) is 0 Å². The number of carbonyl (C=O) groups is 3. The molecule has 3 heterocycles. The van der Waals surface area contributed by atoms with E-state index < -0.39 is 95.7 Å². The Hall–Kier alpha value is -6.31. The number of nitrogens with two attached hydrogens (primary N) is 1. The summed E-state index contributed by atoms with van der Waals surface area (Å²) in [5.74, 6) is -0.718. The maximum atomic E-state index is 13.6. The number of phenols is 2. The van der Waals surface area contributed by atoms with Crippen molar-refractivity contribution in [3.05, 3.63) is 94.2 Å². The standard InChI is InChI=1S/C27H29NO11.C21H18NO4.ClH/c1-10-22(31)13(28)6-17(38-10)39-15-8-27(36,16(30)9-29)7-12-19(15)26(35)21-20(24(12)33)23(32)11-4-3-5-14(37-2)18(11)25(21)34;1-22-10-16-13(6-7-17(23-2)21(16)24-3)14-5-4-12-8-18-19(26-11-25-18)9-15(12)20(14)22;/h3-5,10,13,15,17,22,29,31,33,35-36H,6-9,28H2,1-2H3;4-10H,11H2,1-3H3;1H/q;+1;/t10-,13-,15-,17-,22+,27-;;/m0../s1. The number of nitrogens with zero attached hydrogens (tertiary/aromatic N) is 1. The van der Waals surface area contributed by atoms with Gasteiger partial charge in [-0.25, -0.2) is 0 Å². The number of aryl methyl sites for hydroxylation is 1. The highest BCUT2D eigenvalue weighted by atomic mass is 35.5. The van der Waals surface area contributed by atoms with E-state index in [1.807, 2.05) is 19.2 Å². The molecule has 66 heavy (non-hydrogen) atoms. The molecule has 6 atom stereocenters. The number of Topliss-reactive ketones (excluding diaryl/α,β-unsaturated/α-hetero) is 1. The van der Waals surface area contributed by atoms with Crippen molar-refractivity contribution in [3.8, 4) is 40.2 Å². The Labute approximate surface area is 383 Å². The van der Waals surface area contributed by atoms with Crippen LogP contribution >= 0.6 is 12.4 Å². The Morgan fingerprint density at radius 2 is 1.58 bits per heavy atom. The van der Waals surface area contributed by atoms with E-state index in [1.165, 1.54) is 25.3 Å². The zero-order valence-corrected chi connectivity index (χ0v) is 37.3. The number of hydrogen-bond acceptors (Lipinski definition) is 16. The highest BCUT2D eigenvalue weighted by molar-refractivity contribution is 6.31. The molecule has 346 valence electrons. The van der Waals surface area contributed by atoms with Crippen LogP contribution in [0, 0.1) is 0 Å². The first-order valence-corrected chi connectivity index (χ1v) is 20.8. The minimum absolute atomic E-state index is 0. The van der Waals surface area contributed by atoms with Crippen LogP contribution in [-0.4, -0.2) is 108 Å². The second-order valence-corrected chi connectivity index (χ2v) is 16.6. The Morgan fingerprint density at radius 1 is 0.879 bits per heavy atom. The third-order valence-electron chi connectivity index (χ3n) is 12.8. The summed E-state index contributed by atoms with van der Waals surface area (Å²) in [5, 5.41) is 59.2. The van der Waals surface area contributed by atoms with Gasteiger partial charge in [0.15, 0.2) is 47.1 Å². The van der Waals surface area contributed by atoms with E-state index in [1.54, 1.807) is 21.1 Å². The molecule has 18 heteroatoms. The molecule has 17 nitrogen and oxygen atoms in total. The molecule has 0 amide bonds. The minimum Gasteiger partial charge on any atom is -0.507 e. The van der Waals surface area contributed by atoms with Gasteiger partial charge in [-0.05, 0) is 48.7 Å². The molecule has 1 aromatic heterocycles. The van der Waals surface area contributed by atoms with E-state index in [2.05, 4.69) is 35.0 Å². The zero-order chi connectivity index (χ0) is 46.2. The summed E-state index contributed by atoms with van der Waals surface area (Å²) < 4.78 is 41.3. The Kier molecular flexibility index (Phi) is 12.2. The second kappa shape index (κ2) is 17.5. The van der Waals surface area contributed by atoms with Crippen molar-refractivity contribution in [2.45, 2.75) is 62.4 Å². The van der Waals surface area contributed by atoms with Crippen LogP contribution in [0.5, 0.6) is 40.2 Å². The summed E-state index contributed by atoms with van der Waals surface area (Å²) >= 11 is 0. The Balaban J connectivity index is 0.000000190. The van der Waals surface area contributed by atoms with Crippen LogP contribution in [0.25, 0.3) is 32.4 Å². The minimum atomic E-state index is -2.24. The number of methoxy groups -OCH3 is 3. The predicted molar refractivity (Wildman–Crippen MR) is 238 cm³/mol. The molecule has 2 aliphatic heterocycles. The van der Waals surface area contributed by atoms with Gasteiger partial charge in [-0.2, -0.15) is 4.57 Å². The molecule has 5 aromatic carbocycles. The lowest BCUT2D eigenvalue weighted by molar-refractivity contribution is -0.642. The van der Waals surface area contributed by atoms with Crippen molar-refractivity contribution in [1.82, 2.24) is 0 Å². The van der Waals surface area contributed by atoms with E-state index in [0.29, 0.717) is 0 Å². The monoisotopic (exact) mass is 927 g/mol. The van der Waals surface area contributed by atoms with Crippen molar-refractivity contribution in [2.75, 3.05) is 34.7 Å². The van der Waals surface area contributed by atoms with Crippen molar-refractivity contribution < 1.29 is 77.6 Å². The van der Waals surface area contributed by atoms with Gasteiger partial charge >= 0.3 is 0 Å². The van der Waals surface area contributed by atoms with Gasteiger partial charge in [0, 0.05) is 47.4 Å². The third-order valence-corrected chi connectivity index (χ3v) is 12.8. The number of ether oxygens (including phenoxy) is 7. The highest BCUT2D eigenvalue weighted by Crippen LogP contribution is 2.53. The molecule has 6 aromatic rings. The van der Waals surface area contributed by atoms with Crippen LogP contribution in [0.2, 0.25) is 0 Å². The SMILES string of the molecule is COc1ccc2c(c[n+](C)c3c4cc5c(cc4ccc23)OCO5)c1OC.COc1cccc2c1C(=O)c1c(O)c3c(c(O)c1C2=O)C[C@@](O)(C(=O)CO)C[C@@H]3O[C@H]1C[C@H](N)[C@H](O)[C@H](C)O1.Cl. The van der Waals surface area contributed by atoms with Gasteiger partial charge in [-0.1, -0.05) is 18.2 Å². The van der Waals surface area contributed by atoms with Crippen molar-refractivity contribution in [3.63, 3.8) is 0 Å². The molecule has 0 saturated carbocycles. The van der Waals surface area contributed by atoms with E-state index in [9.17, 15) is 39.9 Å². The lowest BCUT2D eigenvalue weighted by Gasteiger charge is -2.42. The summed E-state index contributed by atoms with van der Waals surface area (Å²) in [6.07, 6.45) is -3.04. The fourth-order valence-corrected chi connectivity index (χ4v) is 9.62. The van der Waals surface area contributed by atoms with Crippen molar-refractivity contribution in [2.24, 2.45) is 12.8 Å². The molecule has 2 aliphatic carbocycles. The maximum absolute atomic E-state index is 13.6. The van der Waals surface area contributed by atoms with Gasteiger partial charge in [-0.3, -0.25) is 14.4 Å². The van der Waals surface area contributed by atoms with E-state index in [-0.39, 0.29) is 53.6 Å². The molecule has 0 spiro atoms. The molecular formula is C48H48ClN2O15+. The number of aliphatic hydroxyl groups excluding tert-OH is 2. The molecule has 1 saturated heterocycles. The summed E-state index contributed by atoms with van der Waals surface area (Å²) in [5.41, 5.74) is 3.51. The first kappa shape index (κ1) is 46.2. The van der Waals surface area contributed by atoms with E-state index >= 15 is 0 Å². The Bertz CT molecular complexity index is 2980. The second-order valence-electron chi connectivity index (χ2n) is 16.6. The fourth-order valence-electron chi connectivity index (χ4n) is 9.62. The number of aromatic hydroxyl groups is 2. The van der Waals surface area contributed by atoms with E-state index in [4.69, 9.17) is 38.9 Å². The first-order chi connectivity index (χ1) is 31.1. The lowest BCUT2D eigenvalue weighted by Crippen LogP contribution is -2.53. The average molecular weight is 928 g/mol. The van der Waals surface area contributed by atoms with Crippen LogP contribution in [-0.2, 0) is 27.7 Å². The molecule has 0 radical (unpaired) electrons. The predicted octanol–water partition coefficient (Wildman–Crippen LogP) is 4.14. The number of halogens is 1. The molecule has 0 unspecified atom stereocenters. The third kappa shape index (κ3) is 7.27. The topological polar surface area (TPSA) is 247 Å². The number of ketones is 3. The largest absolute Gasteiger partial charge is 0.507 e. The number of rotatable bonds is 7. The summed E-state index contributed by atoms with van der Waals surface area (Å²) in [6.45, 7) is 0.833. The summed E-state index contributed by atoms with van der Waals surface area (Å²) in [7, 11) is 6.69. The molecule has 1 fully saturated rings. The molecule has 10 rings (SSSR count). The smallest absolute Gasteiger partial charge is 0.231 e. The lowest BCUT2D eigenvalue weighted by atomic mass is 9.72. The molecule has 7 N–H and O–H groups in total. The number of fused-ring (bicyclic) bond motifs is 9. The number of carbonyl (C=O) groups excluding carboxylic acids is 3. The van der Waals surface area contributed by atoms with Crippen molar-refractivity contribution in [1.29, 1.82) is 0 Å². The fraction of sp³-hybridized carbons (Fsp3) is 0.333. The van der Waals surface area contributed by atoms with Gasteiger partial charge in [-0.15, -0.1) is 12.4 Å². The number of phenolic OH excluding ortho intramolecular Hbond substituents is 2. The van der Waals surface area contributed by atoms with E-state index in [0.717, 1.165) is 55.4 Å². The first-order valence-electron chi connectivity index (χ1n) is 20.8. The van der Waals surface area contributed by atoms with Gasteiger partial charge < -0.3 is 64.4 Å². The van der Waals surface area contributed by atoms with Crippen LogP contribution in [0.4, 0.5) is 0 Å². The maximum Gasteiger partial charge on any atom is 0.231 e. The number of aromatic nitrogens is 1. The number of hydrogen-bond donors (Lipinski definition) is 6. The van der Waals surface area contributed by atoms with Gasteiger partial charge in [0.2, 0.25) is 18.1 Å². The molecular weight excluding hydrogens is 880 g/mol. The summed E-state index contributed by atoms with van der Waals surface area (Å²) in [4.78, 5) is 39.7. The number of aliphatic hydroxyl groups is 3. The molecule has 4 aliphatic rings. The van der Waals surface area contributed by atoms with Crippen LogP contribution in [0.3, 0.4) is 0 Å². The molecule has 0 bridgehead atoms.